The molecule has 6 nitrogen and oxygen atoms in total. The van der Waals surface area contributed by atoms with Crippen LogP contribution in [0.25, 0.3) is 0 Å². The molecular weight excluding hydrogens is 194 g/mol. The van der Waals surface area contributed by atoms with Gasteiger partial charge in [-0.15, -0.1) is 0 Å². The van der Waals surface area contributed by atoms with Crippen LogP contribution in [-0.2, 0) is 4.79 Å². The molecule has 1 aliphatic rings. The maximum atomic E-state index is 11.2. The van der Waals surface area contributed by atoms with Crippen molar-refractivity contribution in [3.63, 3.8) is 0 Å². The summed E-state index contributed by atoms with van der Waals surface area (Å²) in [7, 11) is 1.79. The van der Waals surface area contributed by atoms with Gasteiger partial charge in [0.15, 0.2) is 0 Å². The summed E-state index contributed by atoms with van der Waals surface area (Å²) in [5.74, 6) is 1.47. The maximum Gasteiger partial charge on any atom is 0.239 e. The van der Waals surface area contributed by atoms with Crippen LogP contribution in [0.5, 0.6) is 0 Å². The van der Waals surface area contributed by atoms with Gasteiger partial charge in [-0.3, -0.25) is 9.78 Å². The number of carbonyl (C=O) groups is 1. The first kappa shape index (κ1) is 9.70. The first-order valence-corrected chi connectivity index (χ1v) is 4.81. The number of hydrogen-bond donors (Lipinski definition) is 2. The molecule has 0 unspecified atom stereocenters. The van der Waals surface area contributed by atoms with Gasteiger partial charge in [-0.05, 0) is 0 Å². The largest absolute Gasteiger partial charge is 0.372 e. The molecule has 15 heavy (non-hydrogen) atoms. The number of amides is 1. The minimum atomic E-state index is 0.0258. The second-order valence-electron chi connectivity index (χ2n) is 3.28. The summed E-state index contributed by atoms with van der Waals surface area (Å²) in [5.41, 5.74) is 0. The molecule has 0 spiro atoms. The van der Waals surface area contributed by atoms with E-state index in [2.05, 4.69) is 20.6 Å². The van der Waals surface area contributed by atoms with Gasteiger partial charge >= 0.3 is 0 Å². The van der Waals surface area contributed by atoms with E-state index in [1.54, 1.807) is 19.4 Å². The summed E-state index contributed by atoms with van der Waals surface area (Å²) in [4.78, 5) is 21.5. The molecule has 0 aliphatic carbocycles. The molecule has 1 aromatic rings. The Hall–Kier alpha value is -1.85. The Kier molecular flexibility index (Phi) is 2.66. The molecule has 0 atom stereocenters. The lowest BCUT2D eigenvalue weighted by Crippen LogP contribution is -2.48. The third kappa shape index (κ3) is 2.15. The van der Waals surface area contributed by atoms with E-state index in [0.717, 1.165) is 12.4 Å². The standard InChI is InChI=1S/C9H13N5O/c1-10-7-4-11-5-8(13-7)14-3-2-12-9(15)6-14/h4-5H,2-3,6H2,1H3,(H,10,13)(H,12,15). The second kappa shape index (κ2) is 4.12. The second-order valence-corrected chi connectivity index (χ2v) is 3.28. The van der Waals surface area contributed by atoms with Crippen LogP contribution in [0.1, 0.15) is 0 Å². The summed E-state index contributed by atoms with van der Waals surface area (Å²) in [6.45, 7) is 1.78. The zero-order chi connectivity index (χ0) is 10.7. The quantitative estimate of drug-likeness (QED) is 0.681. The predicted octanol–water partition coefficient (Wildman–Crippen LogP) is -0.545. The predicted molar refractivity (Wildman–Crippen MR) is 56.8 cm³/mol. The van der Waals surface area contributed by atoms with E-state index in [9.17, 15) is 4.79 Å². The molecule has 1 fully saturated rings. The van der Waals surface area contributed by atoms with Crippen molar-refractivity contribution in [2.45, 2.75) is 0 Å². The maximum absolute atomic E-state index is 11.2. The molecule has 6 heteroatoms. The van der Waals surface area contributed by atoms with E-state index < -0.39 is 0 Å². The van der Waals surface area contributed by atoms with Gasteiger partial charge < -0.3 is 15.5 Å². The summed E-state index contributed by atoms with van der Waals surface area (Å²) in [6.07, 6.45) is 3.31. The van der Waals surface area contributed by atoms with Crippen molar-refractivity contribution in [1.82, 2.24) is 15.3 Å². The summed E-state index contributed by atoms with van der Waals surface area (Å²) >= 11 is 0. The highest BCUT2D eigenvalue weighted by atomic mass is 16.2. The number of hydrogen-bond acceptors (Lipinski definition) is 5. The molecule has 0 saturated carbocycles. The van der Waals surface area contributed by atoms with Gasteiger partial charge in [-0.25, -0.2) is 4.98 Å². The van der Waals surface area contributed by atoms with Crippen molar-refractivity contribution < 1.29 is 4.79 Å². The fourth-order valence-corrected chi connectivity index (χ4v) is 1.46. The fourth-order valence-electron chi connectivity index (χ4n) is 1.46. The molecule has 1 aromatic heterocycles. The molecule has 1 aliphatic heterocycles. The fraction of sp³-hybridized carbons (Fsp3) is 0.444. The zero-order valence-electron chi connectivity index (χ0n) is 8.53. The van der Waals surface area contributed by atoms with E-state index in [1.807, 2.05) is 4.90 Å². The van der Waals surface area contributed by atoms with Crippen LogP contribution in [-0.4, -0.2) is 42.6 Å². The van der Waals surface area contributed by atoms with Gasteiger partial charge in [0, 0.05) is 20.1 Å². The van der Waals surface area contributed by atoms with Gasteiger partial charge in [0.25, 0.3) is 0 Å². The number of rotatable bonds is 2. The van der Waals surface area contributed by atoms with Crippen molar-refractivity contribution in [1.29, 1.82) is 0 Å². The van der Waals surface area contributed by atoms with E-state index in [4.69, 9.17) is 0 Å². The monoisotopic (exact) mass is 207 g/mol. The number of carbonyl (C=O) groups excluding carboxylic acids is 1. The van der Waals surface area contributed by atoms with Crippen LogP contribution >= 0.6 is 0 Å². The Morgan fingerprint density at radius 2 is 2.40 bits per heavy atom. The first-order valence-electron chi connectivity index (χ1n) is 4.81. The molecular formula is C9H13N5O. The van der Waals surface area contributed by atoms with Gasteiger partial charge in [0.2, 0.25) is 5.91 Å². The molecule has 0 bridgehead atoms. The van der Waals surface area contributed by atoms with Crippen LogP contribution < -0.4 is 15.5 Å². The first-order chi connectivity index (χ1) is 7.29. The van der Waals surface area contributed by atoms with Crippen LogP contribution in [0, 0.1) is 0 Å². The Morgan fingerprint density at radius 3 is 3.13 bits per heavy atom. The van der Waals surface area contributed by atoms with Crippen LogP contribution in [0.2, 0.25) is 0 Å². The number of nitrogens with one attached hydrogen (secondary N) is 2. The van der Waals surface area contributed by atoms with Crippen molar-refractivity contribution >= 4 is 17.5 Å². The molecule has 2 rings (SSSR count). The van der Waals surface area contributed by atoms with Gasteiger partial charge in [-0.1, -0.05) is 0 Å². The Bertz CT molecular complexity index is 367. The summed E-state index contributed by atoms with van der Waals surface area (Å²) < 4.78 is 0. The molecule has 0 aromatic carbocycles. The highest BCUT2D eigenvalue weighted by molar-refractivity contribution is 5.82. The average Bonchev–Trinajstić information content (AvgIpc) is 2.29. The normalized spacial score (nSPS) is 16.1. The minimum absolute atomic E-state index is 0.0258. The molecule has 2 heterocycles. The topological polar surface area (TPSA) is 70.2 Å². The van der Waals surface area contributed by atoms with E-state index >= 15 is 0 Å². The third-order valence-corrected chi connectivity index (χ3v) is 2.24. The third-order valence-electron chi connectivity index (χ3n) is 2.24. The lowest BCUT2D eigenvalue weighted by Gasteiger charge is -2.27. The summed E-state index contributed by atoms with van der Waals surface area (Å²) in [5, 5.41) is 5.68. The van der Waals surface area contributed by atoms with Crippen LogP contribution in [0.3, 0.4) is 0 Å². The number of nitrogens with zero attached hydrogens (tertiary/aromatic N) is 3. The van der Waals surface area contributed by atoms with Crippen molar-refractivity contribution in [3.8, 4) is 0 Å². The number of aromatic nitrogens is 2. The van der Waals surface area contributed by atoms with Gasteiger partial charge in [0.1, 0.15) is 11.6 Å². The van der Waals surface area contributed by atoms with Gasteiger partial charge in [0.05, 0.1) is 18.9 Å². The van der Waals surface area contributed by atoms with Crippen LogP contribution in [0.4, 0.5) is 11.6 Å². The van der Waals surface area contributed by atoms with Crippen molar-refractivity contribution in [2.24, 2.45) is 0 Å². The van der Waals surface area contributed by atoms with Crippen molar-refractivity contribution in [3.05, 3.63) is 12.4 Å². The highest BCUT2D eigenvalue weighted by Crippen LogP contribution is 2.12. The van der Waals surface area contributed by atoms with Crippen molar-refractivity contribution in [2.75, 3.05) is 36.9 Å². The molecule has 2 N–H and O–H groups in total. The molecule has 1 amide bonds. The number of anilines is 2. The SMILES string of the molecule is CNc1cncc(N2CCNC(=O)C2)n1. The minimum Gasteiger partial charge on any atom is -0.372 e. The smallest absolute Gasteiger partial charge is 0.239 e. The molecule has 0 radical (unpaired) electrons. The Morgan fingerprint density at radius 1 is 1.53 bits per heavy atom. The molecule has 80 valence electrons. The summed E-state index contributed by atoms with van der Waals surface area (Å²) in [6, 6.07) is 0. The zero-order valence-corrected chi connectivity index (χ0v) is 8.53. The highest BCUT2D eigenvalue weighted by Gasteiger charge is 2.17. The van der Waals surface area contributed by atoms with E-state index in [-0.39, 0.29) is 5.91 Å². The average molecular weight is 207 g/mol. The number of piperazine rings is 1. The van der Waals surface area contributed by atoms with E-state index in [0.29, 0.717) is 18.9 Å². The van der Waals surface area contributed by atoms with E-state index in [1.165, 1.54) is 0 Å². The molecule has 1 saturated heterocycles. The van der Waals surface area contributed by atoms with Crippen LogP contribution in [0.15, 0.2) is 12.4 Å². The lowest BCUT2D eigenvalue weighted by atomic mass is 10.3. The van der Waals surface area contributed by atoms with Gasteiger partial charge in [-0.2, -0.15) is 0 Å². The Labute approximate surface area is 87.7 Å². The lowest BCUT2D eigenvalue weighted by molar-refractivity contribution is -0.120. The Balaban J connectivity index is 2.17.